The first-order valence-electron chi connectivity index (χ1n) is 6.91. The molecule has 2 rings (SSSR count). The van der Waals surface area contributed by atoms with Gasteiger partial charge in [0.1, 0.15) is 5.82 Å². The van der Waals surface area contributed by atoms with Crippen molar-refractivity contribution in [2.45, 2.75) is 4.90 Å². The van der Waals surface area contributed by atoms with Crippen LogP contribution in [0.4, 0.5) is 10.1 Å². The van der Waals surface area contributed by atoms with Gasteiger partial charge in [-0.25, -0.2) is 17.5 Å². The van der Waals surface area contributed by atoms with Crippen molar-refractivity contribution in [3.05, 3.63) is 70.5 Å². The monoisotopic (exact) mass is 402 g/mol. The fraction of sp³-hybridized carbons (Fsp3) is 0.0625. The van der Waals surface area contributed by atoms with E-state index in [4.69, 9.17) is 23.2 Å². The maximum absolute atomic E-state index is 14.0. The average molecular weight is 403 g/mol. The van der Waals surface area contributed by atoms with Crippen molar-refractivity contribution in [2.75, 3.05) is 11.9 Å². The Hall–Kier alpha value is -1.93. The Balaban J connectivity index is 2.31. The van der Waals surface area contributed by atoms with Crippen LogP contribution in [0.2, 0.25) is 10.0 Å². The third kappa shape index (κ3) is 4.79. The van der Waals surface area contributed by atoms with Gasteiger partial charge in [-0.3, -0.25) is 4.79 Å². The minimum atomic E-state index is -3.89. The average Bonchev–Trinajstić information content (AvgIpc) is 2.56. The molecule has 0 radical (unpaired) electrons. The molecule has 2 N–H and O–H groups in total. The molecular formula is C16H13Cl2FN2O3S. The zero-order chi connectivity index (χ0) is 18.6. The van der Waals surface area contributed by atoms with Crippen LogP contribution in [0.5, 0.6) is 0 Å². The molecule has 0 fully saturated rings. The summed E-state index contributed by atoms with van der Waals surface area (Å²) in [6.07, 6.45) is 1.36. The summed E-state index contributed by atoms with van der Waals surface area (Å²) in [5.74, 6) is -1.68. The van der Waals surface area contributed by atoms with Gasteiger partial charge in [-0.05, 0) is 36.4 Å². The number of anilines is 1. The lowest BCUT2D eigenvalue weighted by atomic mass is 10.2. The minimum Gasteiger partial charge on any atom is -0.322 e. The van der Waals surface area contributed by atoms with Crippen LogP contribution in [0, 0.1) is 5.82 Å². The van der Waals surface area contributed by atoms with Crippen LogP contribution in [0.15, 0.2) is 53.9 Å². The fourth-order valence-electron chi connectivity index (χ4n) is 1.87. The number of hydrogen-bond donors (Lipinski definition) is 2. The second-order valence-corrected chi connectivity index (χ2v) is 7.45. The molecule has 9 heteroatoms. The van der Waals surface area contributed by atoms with E-state index < -0.39 is 27.3 Å². The van der Waals surface area contributed by atoms with E-state index in [1.165, 1.54) is 24.3 Å². The Morgan fingerprint density at radius 1 is 1.16 bits per heavy atom. The third-order valence-electron chi connectivity index (χ3n) is 3.09. The van der Waals surface area contributed by atoms with Gasteiger partial charge in [-0.2, -0.15) is 0 Å². The van der Waals surface area contributed by atoms with E-state index in [9.17, 15) is 17.6 Å². The number of benzene rings is 2. The summed E-state index contributed by atoms with van der Waals surface area (Å²) in [5.41, 5.74) is -0.135. The molecule has 0 aliphatic heterocycles. The lowest BCUT2D eigenvalue weighted by Crippen LogP contribution is -2.24. The van der Waals surface area contributed by atoms with E-state index >= 15 is 0 Å². The zero-order valence-electron chi connectivity index (χ0n) is 12.7. The number of rotatable bonds is 6. The largest absolute Gasteiger partial charge is 0.322 e. The summed E-state index contributed by atoms with van der Waals surface area (Å²) < 4.78 is 40.4. The Labute approximate surface area is 154 Å². The van der Waals surface area contributed by atoms with Crippen molar-refractivity contribution in [2.24, 2.45) is 0 Å². The fourth-order valence-corrected chi connectivity index (χ4v) is 3.19. The molecule has 0 bridgehead atoms. The van der Waals surface area contributed by atoms with Gasteiger partial charge in [0.05, 0.1) is 20.5 Å². The van der Waals surface area contributed by atoms with Crippen molar-refractivity contribution in [1.29, 1.82) is 0 Å². The second-order valence-electron chi connectivity index (χ2n) is 4.87. The molecule has 0 saturated heterocycles. The minimum absolute atomic E-state index is 0.00448. The molecule has 0 aliphatic rings. The number of carbonyl (C=O) groups is 1. The Morgan fingerprint density at radius 2 is 1.88 bits per heavy atom. The lowest BCUT2D eigenvalue weighted by Gasteiger charge is -2.10. The van der Waals surface area contributed by atoms with Crippen molar-refractivity contribution in [3.8, 4) is 0 Å². The smallest absolute Gasteiger partial charge is 0.258 e. The van der Waals surface area contributed by atoms with Crippen LogP contribution in [0.1, 0.15) is 10.4 Å². The van der Waals surface area contributed by atoms with Crippen LogP contribution in [0.25, 0.3) is 0 Å². The van der Waals surface area contributed by atoms with Crippen LogP contribution in [0.3, 0.4) is 0 Å². The van der Waals surface area contributed by atoms with Crippen LogP contribution in [-0.2, 0) is 10.0 Å². The number of carbonyl (C=O) groups excluding carboxylic acids is 1. The number of sulfonamides is 1. The summed E-state index contributed by atoms with van der Waals surface area (Å²) >= 11 is 11.6. The molecule has 1 amide bonds. The van der Waals surface area contributed by atoms with Crippen molar-refractivity contribution >= 4 is 44.8 Å². The van der Waals surface area contributed by atoms with E-state index in [0.717, 1.165) is 18.2 Å². The Kier molecular flexibility index (Phi) is 6.18. The van der Waals surface area contributed by atoms with Gasteiger partial charge in [0.2, 0.25) is 10.0 Å². The highest BCUT2D eigenvalue weighted by Gasteiger charge is 2.19. The van der Waals surface area contributed by atoms with E-state index in [2.05, 4.69) is 16.6 Å². The van der Waals surface area contributed by atoms with Gasteiger partial charge in [-0.1, -0.05) is 29.3 Å². The van der Waals surface area contributed by atoms with E-state index in [1.54, 1.807) is 0 Å². The van der Waals surface area contributed by atoms with Crippen molar-refractivity contribution in [3.63, 3.8) is 0 Å². The number of halogens is 3. The molecule has 0 unspecified atom stereocenters. The molecule has 132 valence electrons. The van der Waals surface area contributed by atoms with Gasteiger partial charge < -0.3 is 5.32 Å². The lowest BCUT2D eigenvalue weighted by molar-refractivity contribution is 0.102. The first-order chi connectivity index (χ1) is 11.7. The first-order valence-corrected chi connectivity index (χ1v) is 9.15. The number of hydrogen-bond acceptors (Lipinski definition) is 3. The Morgan fingerprint density at radius 3 is 2.52 bits per heavy atom. The SMILES string of the molecule is C=CCNS(=O)(=O)c1ccc(F)c(C(=O)Nc2ccc(Cl)c(Cl)c2)c1. The summed E-state index contributed by atoms with van der Waals surface area (Å²) in [6, 6.07) is 7.27. The zero-order valence-corrected chi connectivity index (χ0v) is 15.1. The molecule has 0 atom stereocenters. The van der Waals surface area contributed by atoms with Crippen LogP contribution < -0.4 is 10.0 Å². The van der Waals surface area contributed by atoms with Crippen LogP contribution >= 0.6 is 23.2 Å². The van der Waals surface area contributed by atoms with Gasteiger partial charge >= 0.3 is 0 Å². The third-order valence-corrected chi connectivity index (χ3v) is 5.25. The van der Waals surface area contributed by atoms with E-state index in [-0.39, 0.29) is 22.2 Å². The molecular weight excluding hydrogens is 390 g/mol. The highest BCUT2D eigenvalue weighted by molar-refractivity contribution is 7.89. The van der Waals surface area contributed by atoms with Gasteiger partial charge in [0.15, 0.2) is 0 Å². The van der Waals surface area contributed by atoms with Gasteiger partial charge in [0, 0.05) is 12.2 Å². The molecule has 0 heterocycles. The maximum Gasteiger partial charge on any atom is 0.258 e. The summed E-state index contributed by atoms with van der Waals surface area (Å²) in [6.45, 7) is 3.41. The molecule has 0 aromatic heterocycles. The van der Waals surface area contributed by atoms with Gasteiger partial charge in [0.25, 0.3) is 5.91 Å². The second kappa shape index (κ2) is 7.97. The predicted molar refractivity (Wildman–Crippen MR) is 96.2 cm³/mol. The van der Waals surface area contributed by atoms with Gasteiger partial charge in [-0.15, -0.1) is 6.58 Å². The van der Waals surface area contributed by atoms with E-state index in [1.807, 2.05) is 0 Å². The quantitative estimate of drug-likeness (QED) is 0.720. The van der Waals surface area contributed by atoms with Crippen molar-refractivity contribution < 1.29 is 17.6 Å². The normalized spacial score (nSPS) is 11.2. The Bertz CT molecular complexity index is 933. The molecule has 25 heavy (non-hydrogen) atoms. The summed E-state index contributed by atoms with van der Waals surface area (Å²) in [5, 5.41) is 2.95. The van der Waals surface area contributed by atoms with Crippen molar-refractivity contribution in [1.82, 2.24) is 4.72 Å². The highest BCUT2D eigenvalue weighted by Crippen LogP contribution is 2.25. The number of nitrogens with one attached hydrogen (secondary N) is 2. The molecule has 0 saturated carbocycles. The molecule has 0 spiro atoms. The first kappa shape index (κ1) is 19.4. The number of amides is 1. The summed E-state index contributed by atoms with van der Waals surface area (Å²) in [4.78, 5) is 12.0. The predicted octanol–water partition coefficient (Wildman–Crippen LogP) is 3.85. The van der Waals surface area contributed by atoms with Crippen LogP contribution in [-0.4, -0.2) is 20.9 Å². The van der Waals surface area contributed by atoms with E-state index in [0.29, 0.717) is 5.02 Å². The maximum atomic E-state index is 14.0. The molecule has 0 aliphatic carbocycles. The summed E-state index contributed by atoms with van der Waals surface area (Å²) in [7, 11) is -3.89. The molecule has 5 nitrogen and oxygen atoms in total. The highest BCUT2D eigenvalue weighted by atomic mass is 35.5. The molecule has 2 aromatic rings. The topological polar surface area (TPSA) is 75.3 Å². The molecule has 2 aromatic carbocycles. The standard InChI is InChI=1S/C16H13Cl2FN2O3S/c1-2-7-20-25(23,24)11-4-6-15(19)12(9-11)16(22)21-10-3-5-13(17)14(18)8-10/h2-6,8-9,20H,1,7H2,(H,21,22).